The molecule has 0 amide bonds. The number of imidazole rings is 1. The topological polar surface area (TPSA) is 42.8 Å². The average Bonchev–Trinajstić information content (AvgIpc) is 3.20. The van der Waals surface area contributed by atoms with Crippen LogP contribution in [0.2, 0.25) is 0 Å². The molecule has 2 aromatic carbocycles. The van der Waals surface area contributed by atoms with E-state index in [9.17, 15) is 0 Å². The highest BCUT2D eigenvalue weighted by atomic mass is 16.5. The highest BCUT2D eigenvalue weighted by Crippen LogP contribution is 2.53. The molecule has 0 unspecified atom stereocenters. The third-order valence-corrected chi connectivity index (χ3v) is 10.4. The van der Waals surface area contributed by atoms with E-state index < -0.39 is 0 Å². The first-order chi connectivity index (χ1) is 18.5. The number of benzene rings is 2. The van der Waals surface area contributed by atoms with Crippen LogP contribution in [0.3, 0.4) is 0 Å². The first kappa shape index (κ1) is 24.5. The maximum absolute atomic E-state index is 5.55. The first-order valence-electron chi connectivity index (χ1n) is 14.6. The summed E-state index contributed by atoms with van der Waals surface area (Å²) < 4.78 is 13.2. The minimum atomic E-state index is 0.639. The van der Waals surface area contributed by atoms with Crippen LogP contribution in [0, 0.1) is 12.3 Å². The monoisotopic (exact) mass is 514 g/mol. The second-order valence-corrected chi connectivity index (χ2v) is 12.6. The number of ether oxygens (including phenoxy) is 2. The molecule has 0 radical (unpaired) electrons. The Bertz CT molecular complexity index is 1340. The van der Waals surface area contributed by atoms with E-state index in [0.29, 0.717) is 11.3 Å². The van der Waals surface area contributed by atoms with Crippen LogP contribution in [0.25, 0.3) is 22.4 Å². The highest BCUT2D eigenvalue weighted by molar-refractivity contribution is 5.84. The lowest BCUT2D eigenvalue weighted by molar-refractivity contribution is -0.137. The Balaban J connectivity index is 1.03. The Morgan fingerprint density at radius 1 is 0.868 bits per heavy atom. The van der Waals surface area contributed by atoms with Crippen LogP contribution >= 0.6 is 0 Å². The molecule has 0 bridgehead atoms. The maximum atomic E-state index is 5.55. The third kappa shape index (κ3) is 3.94. The molecular weight excluding hydrogens is 472 g/mol. The van der Waals surface area contributed by atoms with E-state index in [1.54, 1.807) is 14.2 Å². The smallest absolute Gasteiger partial charge is 0.161 e. The van der Waals surface area contributed by atoms with Gasteiger partial charge in [-0.05, 0) is 105 Å². The lowest BCUT2D eigenvalue weighted by Crippen LogP contribution is -2.69. The Kier molecular flexibility index (Phi) is 5.97. The predicted octanol–water partition coefficient (Wildman–Crippen LogP) is 5.76. The largest absolute Gasteiger partial charge is 0.493 e. The molecular formula is C32H42N4O2. The van der Waals surface area contributed by atoms with Gasteiger partial charge in [-0.3, -0.25) is 4.90 Å². The average molecular weight is 515 g/mol. The van der Waals surface area contributed by atoms with Gasteiger partial charge in [-0.15, -0.1) is 0 Å². The molecule has 2 saturated carbocycles. The van der Waals surface area contributed by atoms with E-state index in [1.165, 1.54) is 87.8 Å². The van der Waals surface area contributed by atoms with Gasteiger partial charge in [-0.25, -0.2) is 4.98 Å². The number of rotatable bonds is 6. The quantitative estimate of drug-likeness (QED) is 0.418. The van der Waals surface area contributed by atoms with Gasteiger partial charge < -0.3 is 18.9 Å². The van der Waals surface area contributed by atoms with Crippen molar-refractivity contribution >= 4 is 11.0 Å². The van der Waals surface area contributed by atoms with Gasteiger partial charge in [0.25, 0.3) is 0 Å². The van der Waals surface area contributed by atoms with Crippen LogP contribution in [-0.2, 0) is 7.05 Å². The second-order valence-electron chi connectivity index (χ2n) is 12.6. The van der Waals surface area contributed by atoms with E-state index in [4.69, 9.17) is 14.5 Å². The fourth-order valence-corrected chi connectivity index (χ4v) is 7.83. The predicted molar refractivity (Wildman–Crippen MR) is 152 cm³/mol. The molecule has 1 aromatic heterocycles. The summed E-state index contributed by atoms with van der Waals surface area (Å²) in [6, 6.07) is 12.6. The fraction of sp³-hybridized carbons (Fsp3) is 0.594. The van der Waals surface area contributed by atoms with Gasteiger partial charge in [0, 0.05) is 37.8 Å². The zero-order chi connectivity index (χ0) is 26.0. The van der Waals surface area contributed by atoms with Gasteiger partial charge >= 0.3 is 0 Å². The number of nitrogens with zero attached hydrogens (tertiary/aromatic N) is 4. The van der Waals surface area contributed by atoms with Gasteiger partial charge in [0.05, 0.1) is 25.3 Å². The standard InChI is InChI=1S/C32H42N4O2/c1-21-14-24(15-27-30(21)33-31(34(27)2)23-8-9-28(37-3)29(16-23)38-4)22-10-12-35(13-11-22)26-17-32(18-26)19-36(20-32)25-6-5-7-25/h8-9,14-16,22,25-26H,5-7,10-13,17-20H2,1-4H3. The van der Waals surface area contributed by atoms with Crippen molar-refractivity contribution in [1.29, 1.82) is 0 Å². The molecule has 0 N–H and O–H groups in total. The van der Waals surface area contributed by atoms with E-state index in [0.717, 1.165) is 40.5 Å². The molecule has 0 atom stereocenters. The Morgan fingerprint density at radius 3 is 2.26 bits per heavy atom. The minimum absolute atomic E-state index is 0.639. The maximum Gasteiger partial charge on any atom is 0.161 e. The summed E-state index contributed by atoms with van der Waals surface area (Å²) in [6.45, 7) is 7.49. The summed E-state index contributed by atoms with van der Waals surface area (Å²) in [6.07, 6.45) is 9.78. The summed E-state index contributed by atoms with van der Waals surface area (Å²) in [4.78, 5) is 10.7. The summed E-state index contributed by atoms with van der Waals surface area (Å²) in [7, 11) is 5.48. The third-order valence-electron chi connectivity index (χ3n) is 10.4. The molecule has 2 saturated heterocycles. The van der Waals surface area contributed by atoms with Crippen LogP contribution in [0.4, 0.5) is 0 Å². The van der Waals surface area contributed by atoms with Crippen molar-refractivity contribution in [2.75, 3.05) is 40.4 Å². The molecule has 2 aliphatic carbocycles. The van der Waals surface area contributed by atoms with Crippen molar-refractivity contribution in [3.63, 3.8) is 0 Å². The van der Waals surface area contributed by atoms with Crippen molar-refractivity contribution in [1.82, 2.24) is 19.4 Å². The number of hydrogen-bond donors (Lipinski definition) is 0. The molecule has 2 aliphatic heterocycles. The molecule has 202 valence electrons. The lowest BCUT2D eigenvalue weighted by atomic mass is 9.59. The van der Waals surface area contributed by atoms with Gasteiger partial charge in [0.1, 0.15) is 5.82 Å². The fourth-order valence-electron chi connectivity index (χ4n) is 7.83. The number of methoxy groups -OCH3 is 2. The molecule has 4 fully saturated rings. The molecule has 3 aromatic rings. The Morgan fingerprint density at radius 2 is 1.61 bits per heavy atom. The zero-order valence-corrected chi connectivity index (χ0v) is 23.5. The van der Waals surface area contributed by atoms with Gasteiger partial charge in [-0.1, -0.05) is 12.5 Å². The van der Waals surface area contributed by atoms with E-state index in [1.807, 2.05) is 12.1 Å². The zero-order valence-electron chi connectivity index (χ0n) is 23.5. The number of aromatic nitrogens is 2. The second kappa shape index (κ2) is 9.27. The Hall–Kier alpha value is -2.57. The van der Waals surface area contributed by atoms with Crippen LogP contribution in [0.15, 0.2) is 30.3 Å². The highest BCUT2D eigenvalue weighted by Gasteiger charge is 2.55. The summed E-state index contributed by atoms with van der Waals surface area (Å²) in [5.41, 5.74) is 6.78. The molecule has 6 nitrogen and oxygen atoms in total. The number of likely N-dealkylation sites (tertiary alicyclic amines) is 2. The molecule has 1 spiro atoms. The summed E-state index contributed by atoms with van der Waals surface area (Å²) in [5.74, 6) is 3.06. The van der Waals surface area contributed by atoms with Crippen molar-refractivity contribution < 1.29 is 9.47 Å². The van der Waals surface area contributed by atoms with Crippen LogP contribution in [-0.4, -0.2) is 71.8 Å². The van der Waals surface area contributed by atoms with Gasteiger partial charge in [0.15, 0.2) is 11.5 Å². The van der Waals surface area contributed by atoms with Crippen molar-refractivity contribution in [3.05, 3.63) is 41.5 Å². The number of aryl methyl sites for hydroxylation is 2. The van der Waals surface area contributed by atoms with Crippen LogP contribution in [0.5, 0.6) is 11.5 Å². The number of piperidine rings is 1. The van der Waals surface area contributed by atoms with Gasteiger partial charge in [0.2, 0.25) is 0 Å². The normalized spacial score (nSPS) is 22.8. The molecule has 6 heteroatoms. The van der Waals surface area contributed by atoms with E-state index >= 15 is 0 Å². The minimum Gasteiger partial charge on any atom is -0.493 e. The summed E-state index contributed by atoms with van der Waals surface area (Å²) >= 11 is 0. The SMILES string of the molecule is COc1ccc(-c2nc3c(C)cc(C4CCN(C5CC6(C5)CN(C5CCC5)C6)CC4)cc3n2C)cc1OC. The van der Waals surface area contributed by atoms with Crippen molar-refractivity contribution in [2.24, 2.45) is 12.5 Å². The Labute approximate surface area is 226 Å². The molecule has 7 rings (SSSR count). The van der Waals surface area contributed by atoms with Crippen LogP contribution < -0.4 is 9.47 Å². The van der Waals surface area contributed by atoms with Gasteiger partial charge in [-0.2, -0.15) is 0 Å². The van der Waals surface area contributed by atoms with Crippen molar-refractivity contribution in [2.45, 2.75) is 69.9 Å². The molecule has 38 heavy (non-hydrogen) atoms. The summed E-state index contributed by atoms with van der Waals surface area (Å²) in [5, 5.41) is 0. The number of fused-ring (bicyclic) bond motifs is 1. The van der Waals surface area contributed by atoms with Crippen molar-refractivity contribution in [3.8, 4) is 22.9 Å². The van der Waals surface area contributed by atoms with Crippen LogP contribution in [0.1, 0.15) is 62.0 Å². The van der Waals surface area contributed by atoms with E-state index in [2.05, 4.69) is 46.5 Å². The number of hydrogen-bond acceptors (Lipinski definition) is 5. The molecule has 3 heterocycles. The molecule has 4 aliphatic rings. The first-order valence-corrected chi connectivity index (χ1v) is 14.6. The van der Waals surface area contributed by atoms with E-state index in [-0.39, 0.29) is 0 Å². The lowest BCUT2D eigenvalue weighted by Gasteiger charge is -2.64.